The van der Waals surface area contributed by atoms with Crippen molar-refractivity contribution in [2.24, 2.45) is 0 Å². The van der Waals surface area contributed by atoms with Crippen molar-refractivity contribution in [3.63, 3.8) is 0 Å². The van der Waals surface area contributed by atoms with Crippen LogP contribution in [0.1, 0.15) is 5.56 Å². The summed E-state index contributed by atoms with van der Waals surface area (Å²) in [5.41, 5.74) is 8.62. The summed E-state index contributed by atoms with van der Waals surface area (Å²) in [5.74, 6) is 1.42. The molecule has 92 valence electrons. The fourth-order valence-corrected chi connectivity index (χ4v) is 2.34. The van der Waals surface area contributed by atoms with Gasteiger partial charge < -0.3 is 15.8 Å². The monoisotopic (exact) mass is 260 g/mol. The first-order valence-corrected chi connectivity index (χ1v) is 6.20. The summed E-state index contributed by atoms with van der Waals surface area (Å²) < 4.78 is 5.86. The molecule has 0 bridgehead atoms. The Labute approximate surface area is 111 Å². The van der Waals surface area contributed by atoms with E-state index in [9.17, 15) is 0 Å². The highest BCUT2D eigenvalue weighted by Crippen LogP contribution is 2.38. The standard InChI is InChI=1S/C14H13ClN2O/c15-11-8-10(16)4-5-12(11)18-13-3-1-2-9-6-7-17-14(9)13/h1-5,8,17H,6-7,16H2. The minimum absolute atomic E-state index is 0.519. The van der Waals surface area contributed by atoms with Crippen LogP contribution in [0.15, 0.2) is 36.4 Å². The molecule has 0 spiro atoms. The Morgan fingerprint density at radius 3 is 2.89 bits per heavy atom. The lowest BCUT2D eigenvalue weighted by molar-refractivity contribution is 0.485. The van der Waals surface area contributed by atoms with Crippen LogP contribution in [0.25, 0.3) is 0 Å². The van der Waals surface area contributed by atoms with E-state index in [1.54, 1.807) is 18.2 Å². The zero-order valence-corrected chi connectivity index (χ0v) is 10.5. The third kappa shape index (κ3) is 1.97. The Morgan fingerprint density at radius 2 is 2.06 bits per heavy atom. The Kier molecular flexibility index (Phi) is 2.76. The quantitative estimate of drug-likeness (QED) is 0.810. The smallest absolute Gasteiger partial charge is 0.150 e. The SMILES string of the molecule is Nc1ccc(Oc2cccc3c2NCC3)c(Cl)c1. The number of hydrogen-bond acceptors (Lipinski definition) is 3. The van der Waals surface area contributed by atoms with Gasteiger partial charge in [-0.2, -0.15) is 0 Å². The third-order valence-electron chi connectivity index (χ3n) is 2.98. The maximum Gasteiger partial charge on any atom is 0.150 e. The zero-order chi connectivity index (χ0) is 12.5. The first kappa shape index (κ1) is 11.2. The molecule has 4 heteroatoms. The van der Waals surface area contributed by atoms with Crippen LogP contribution in [0, 0.1) is 0 Å². The molecule has 1 aliphatic rings. The van der Waals surface area contributed by atoms with Crippen molar-refractivity contribution >= 4 is 23.0 Å². The number of nitrogens with two attached hydrogens (primary N) is 1. The van der Waals surface area contributed by atoms with E-state index in [4.69, 9.17) is 22.1 Å². The van der Waals surface area contributed by atoms with Gasteiger partial charge in [-0.25, -0.2) is 0 Å². The van der Waals surface area contributed by atoms with Gasteiger partial charge >= 0.3 is 0 Å². The number of hydrogen-bond donors (Lipinski definition) is 2. The van der Waals surface area contributed by atoms with E-state index in [1.807, 2.05) is 12.1 Å². The molecule has 1 aliphatic heterocycles. The van der Waals surface area contributed by atoms with Crippen molar-refractivity contribution in [3.8, 4) is 11.5 Å². The number of nitrogen functional groups attached to an aromatic ring is 1. The van der Waals surface area contributed by atoms with Crippen LogP contribution in [0.5, 0.6) is 11.5 Å². The molecule has 0 aliphatic carbocycles. The second kappa shape index (κ2) is 4.42. The zero-order valence-electron chi connectivity index (χ0n) is 9.74. The third-order valence-corrected chi connectivity index (χ3v) is 3.28. The Hall–Kier alpha value is -1.87. The molecule has 0 atom stereocenters. The van der Waals surface area contributed by atoms with Gasteiger partial charge in [0, 0.05) is 12.2 Å². The highest BCUT2D eigenvalue weighted by Gasteiger charge is 2.15. The summed E-state index contributed by atoms with van der Waals surface area (Å²) in [5, 5.41) is 3.85. The van der Waals surface area contributed by atoms with Crippen LogP contribution in [0.3, 0.4) is 0 Å². The molecular formula is C14H13ClN2O. The van der Waals surface area contributed by atoms with Gasteiger partial charge in [-0.05, 0) is 36.2 Å². The van der Waals surface area contributed by atoms with Crippen molar-refractivity contribution in [3.05, 3.63) is 47.0 Å². The average molecular weight is 261 g/mol. The van der Waals surface area contributed by atoms with E-state index in [0.29, 0.717) is 16.5 Å². The van der Waals surface area contributed by atoms with E-state index in [0.717, 1.165) is 24.4 Å². The summed E-state index contributed by atoms with van der Waals surface area (Å²) in [6.45, 7) is 0.950. The minimum atomic E-state index is 0.519. The van der Waals surface area contributed by atoms with Crippen molar-refractivity contribution in [1.29, 1.82) is 0 Å². The van der Waals surface area contributed by atoms with Gasteiger partial charge in [-0.15, -0.1) is 0 Å². The molecule has 1 heterocycles. The topological polar surface area (TPSA) is 47.3 Å². The second-order valence-electron chi connectivity index (χ2n) is 4.26. The van der Waals surface area contributed by atoms with Gasteiger partial charge in [0.2, 0.25) is 0 Å². The number of fused-ring (bicyclic) bond motifs is 1. The maximum atomic E-state index is 6.10. The molecule has 3 rings (SSSR count). The first-order chi connectivity index (χ1) is 8.74. The molecule has 0 aromatic heterocycles. The number of nitrogens with one attached hydrogen (secondary N) is 1. The molecular weight excluding hydrogens is 248 g/mol. The van der Waals surface area contributed by atoms with E-state index < -0.39 is 0 Å². The van der Waals surface area contributed by atoms with Crippen LogP contribution >= 0.6 is 11.6 Å². The molecule has 18 heavy (non-hydrogen) atoms. The normalized spacial score (nSPS) is 12.9. The summed E-state index contributed by atoms with van der Waals surface area (Å²) in [4.78, 5) is 0. The number of halogens is 1. The van der Waals surface area contributed by atoms with Gasteiger partial charge in [-0.3, -0.25) is 0 Å². The lowest BCUT2D eigenvalue weighted by Gasteiger charge is -2.12. The maximum absolute atomic E-state index is 6.10. The van der Waals surface area contributed by atoms with E-state index in [2.05, 4.69) is 11.4 Å². The van der Waals surface area contributed by atoms with Gasteiger partial charge in [0.15, 0.2) is 5.75 Å². The van der Waals surface area contributed by atoms with E-state index >= 15 is 0 Å². The highest BCUT2D eigenvalue weighted by molar-refractivity contribution is 6.32. The number of anilines is 2. The molecule has 0 amide bonds. The first-order valence-electron chi connectivity index (χ1n) is 5.83. The van der Waals surface area contributed by atoms with Crippen molar-refractivity contribution in [2.75, 3.05) is 17.6 Å². The summed E-state index contributed by atoms with van der Waals surface area (Å²) in [7, 11) is 0. The molecule has 0 saturated carbocycles. The van der Waals surface area contributed by atoms with E-state index in [-0.39, 0.29) is 0 Å². The molecule has 0 radical (unpaired) electrons. The minimum Gasteiger partial charge on any atom is -0.454 e. The molecule has 0 unspecified atom stereocenters. The van der Waals surface area contributed by atoms with Crippen molar-refractivity contribution in [1.82, 2.24) is 0 Å². The van der Waals surface area contributed by atoms with E-state index in [1.165, 1.54) is 5.56 Å². The van der Waals surface area contributed by atoms with Gasteiger partial charge in [0.1, 0.15) is 5.75 Å². The number of rotatable bonds is 2. The summed E-state index contributed by atoms with van der Waals surface area (Å²) >= 11 is 6.10. The number of benzene rings is 2. The van der Waals surface area contributed by atoms with Gasteiger partial charge in [0.25, 0.3) is 0 Å². The molecule has 2 aromatic carbocycles. The molecule has 2 aromatic rings. The lowest BCUT2D eigenvalue weighted by atomic mass is 10.1. The molecule has 0 saturated heterocycles. The van der Waals surface area contributed by atoms with Crippen molar-refractivity contribution < 1.29 is 4.74 Å². The highest BCUT2D eigenvalue weighted by atomic mass is 35.5. The fourth-order valence-electron chi connectivity index (χ4n) is 2.11. The Bertz CT molecular complexity index is 598. The lowest BCUT2D eigenvalue weighted by Crippen LogP contribution is -1.94. The van der Waals surface area contributed by atoms with Crippen LogP contribution in [-0.4, -0.2) is 6.54 Å². The van der Waals surface area contributed by atoms with Crippen LogP contribution in [-0.2, 0) is 6.42 Å². The summed E-state index contributed by atoms with van der Waals surface area (Å²) in [6, 6.07) is 11.3. The Morgan fingerprint density at radius 1 is 1.17 bits per heavy atom. The van der Waals surface area contributed by atoms with Crippen LogP contribution < -0.4 is 15.8 Å². The average Bonchev–Trinajstić information content (AvgIpc) is 2.82. The molecule has 3 N–H and O–H groups in total. The number of ether oxygens (including phenoxy) is 1. The number of para-hydroxylation sites is 1. The predicted molar refractivity (Wildman–Crippen MR) is 74.6 cm³/mol. The largest absolute Gasteiger partial charge is 0.454 e. The molecule has 3 nitrogen and oxygen atoms in total. The van der Waals surface area contributed by atoms with Gasteiger partial charge in [0.05, 0.1) is 10.7 Å². The fraction of sp³-hybridized carbons (Fsp3) is 0.143. The van der Waals surface area contributed by atoms with Crippen LogP contribution in [0.4, 0.5) is 11.4 Å². The summed E-state index contributed by atoms with van der Waals surface area (Å²) in [6.07, 6.45) is 1.03. The Balaban J connectivity index is 1.95. The van der Waals surface area contributed by atoms with Crippen molar-refractivity contribution in [2.45, 2.75) is 6.42 Å². The predicted octanol–water partition coefficient (Wildman–Crippen LogP) is 3.68. The van der Waals surface area contributed by atoms with Crippen LogP contribution in [0.2, 0.25) is 5.02 Å². The molecule has 0 fully saturated rings. The van der Waals surface area contributed by atoms with Gasteiger partial charge in [-0.1, -0.05) is 23.7 Å². The second-order valence-corrected chi connectivity index (χ2v) is 4.67.